The van der Waals surface area contributed by atoms with Crippen molar-refractivity contribution in [3.63, 3.8) is 0 Å². The van der Waals surface area contributed by atoms with Crippen LogP contribution in [0.4, 0.5) is 0 Å². The number of carbonyl (C=O) groups excluding carboxylic acids is 1. The predicted molar refractivity (Wildman–Crippen MR) is 97.3 cm³/mol. The van der Waals surface area contributed by atoms with Gasteiger partial charge in [-0.2, -0.15) is 0 Å². The van der Waals surface area contributed by atoms with E-state index in [1.165, 1.54) is 16.7 Å². The molecule has 0 amide bonds. The molecule has 0 saturated heterocycles. The van der Waals surface area contributed by atoms with Gasteiger partial charge in [-0.25, -0.2) is 0 Å². The molecule has 0 N–H and O–H groups in total. The number of benzene rings is 3. The highest BCUT2D eigenvalue weighted by Gasteiger charge is 2.49. The lowest BCUT2D eigenvalue weighted by Crippen LogP contribution is -2.10. The van der Waals surface area contributed by atoms with Crippen LogP contribution in [-0.4, -0.2) is 5.78 Å². The highest BCUT2D eigenvalue weighted by molar-refractivity contribution is 6.08. The summed E-state index contributed by atoms with van der Waals surface area (Å²) in [5.74, 6) is 0.0607. The van der Waals surface area contributed by atoms with Gasteiger partial charge in [0.25, 0.3) is 0 Å². The van der Waals surface area contributed by atoms with Crippen LogP contribution < -0.4 is 0 Å². The fourth-order valence-electron chi connectivity index (χ4n) is 3.44. The number of ketones is 1. The first-order valence-electron chi connectivity index (χ1n) is 8.16. The highest BCUT2D eigenvalue weighted by atomic mass is 16.1. The molecule has 3 aromatic carbocycles. The molecular formula is C23H18O. The summed E-state index contributed by atoms with van der Waals surface area (Å²) in [4.78, 5) is 12.5. The van der Waals surface area contributed by atoms with Crippen molar-refractivity contribution in [1.29, 1.82) is 0 Å². The van der Waals surface area contributed by atoms with E-state index in [4.69, 9.17) is 0 Å². The van der Waals surface area contributed by atoms with Gasteiger partial charge in [0.1, 0.15) is 0 Å². The summed E-state index contributed by atoms with van der Waals surface area (Å²) in [7, 11) is 0. The molecular weight excluding hydrogens is 292 g/mol. The molecule has 0 unspecified atom stereocenters. The van der Waals surface area contributed by atoms with Crippen LogP contribution in [0.5, 0.6) is 0 Å². The van der Waals surface area contributed by atoms with Crippen LogP contribution in [0, 0.1) is 0 Å². The van der Waals surface area contributed by atoms with E-state index in [0.717, 1.165) is 17.5 Å². The Kier molecular flexibility index (Phi) is 3.42. The molecule has 0 heterocycles. The van der Waals surface area contributed by atoms with Gasteiger partial charge in [-0.1, -0.05) is 97.1 Å². The van der Waals surface area contributed by atoms with Crippen LogP contribution in [0.3, 0.4) is 0 Å². The van der Waals surface area contributed by atoms with E-state index in [0.29, 0.717) is 0 Å². The van der Waals surface area contributed by atoms with Crippen LogP contribution >= 0.6 is 0 Å². The van der Waals surface area contributed by atoms with Gasteiger partial charge in [0.05, 0.1) is 0 Å². The summed E-state index contributed by atoms with van der Waals surface area (Å²) in [5.41, 5.74) is 5.09. The SMILES string of the molecule is C=C1C[C@]1(c1ccccc1)c1ccc(C(=O)c2ccccc2)cc1. The molecule has 1 aliphatic rings. The van der Waals surface area contributed by atoms with Gasteiger partial charge in [-0.05, 0) is 17.5 Å². The third kappa shape index (κ3) is 2.30. The third-order valence-electron chi connectivity index (χ3n) is 4.90. The molecule has 1 nitrogen and oxygen atoms in total. The summed E-state index contributed by atoms with van der Waals surface area (Å²) in [6.07, 6.45) is 0.975. The fourth-order valence-corrected chi connectivity index (χ4v) is 3.44. The lowest BCUT2D eigenvalue weighted by atomic mass is 9.86. The van der Waals surface area contributed by atoms with Crippen molar-refractivity contribution in [1.82, 2.24) is 0 Å². The second-order valence-corrected chi connectivity index (χ2v) is 6.32. The van der Waals surface area contributed by atoms with Crippen LogP contribution in [-0.2, 0) is 5.41 Å². The number of allylic oxidation sites excluding steroid dienone is 1. The Balaban J connectivity index is 1.67. The van der Waals surface area contributed by atoms with Gasteiger partial charge < -0.3 is 0 Å². The van der Waals surface area contributed by atoms with Gasteiger partial charge >= 0.3 is 0 Å². The Morgan fingerprint density at radius 2 is 1.17 bits per heavy atom. The summed E-state index contributed by atoms with van der Waals surface area (Å²) in [6.45, 7) is 4.21. The predicted octanol–water partition coefficient (Wildman–Crippen LogP) is 5.16. The minimum Gasteiger partial charge on any atom is -0.289 e. The molecule has 0 aliphatic heterocycles. The zero-order chi connectivity index (χ0) is 16.6. The number of carbonyl (C=O) groups is 1. The van der Waals surface area contributed by atoms with Crippen LogP contribution in [0.25, 0.3) is 0 Å². The maximum absolute atomic E-state index is 12.5. The van der Waals surface area contributed by atoms with Crippen molar-refractivity contribution in [3.05, 3.63) is 119 Å². The summed E-state index contributed by atoms with van der Waals surface area (Å²) in [5, 5.41) is 0. The topological polar surface area (TPSA) is 17.1 Å². The quantitative estimate of drug-likeness (QED) is 0.480. The van der Waals surface area contributed by atoms with E-state index >= 15 is 0 Å². The van der Waals surface area contributed by atoms with E-state index in [9.17, 15) is 4.79 Å². The first kappa shape index (κ1) is 14.6. The second kappa shape index (κ2) is 5.61. The zero-order valence-corrected chi connectivity index (χ0v) is 13.4. The van der Waals surface area contributed by atoms with Gasteiger partial charge in [0, 0.05) is 16.5 Å². The number of rotatable bonds is 4. The van der Waals surface area contributed by atoms with Crippen molar-refractivity contribution in [2.75, 3.05) is 0 Å². The Morgan fingerprint density at radius 1 is 0.708 bits per heavy atom. The van der Waals surface area contributed by atoms with E-state index in [2.05, 4.69) is 43.0 Å². The standard InChI is InChI=1S/C23H18O/c1-17-16-23(17,20-10-6-3-7-11-20)21-14-12-19(13-15-21)22(24)18-8-4-2-5-9-18/h2-15H,1,16H2/t23-/m0/s1. The van der Waals surface area contributed by atoms with E-state index < -0.39 is 0 Å². The van der Waals surface area contributed by atoms with Crippen LogP contribution in [0.1, 0.15) is 33.5 Å². The lowest BCUT2D eigenvalue weighted by Gasteiger charge is -2.16. The molecule has 0 aromatic heterocycles. The van der Waals surface area contributed by atoms with Crippen molar-refractivity contribution in [2.24, 2.45) is 0 Å². The second-order valence-electron chi connectivity index (χ2n) is 6.32. The molecule has 116 valence electrons. The molecule has 24 heavy (non-hydrogen) atoms. The summed E-state index contributed by atoms with van der Waals surface area (Å²) >= 11 is 0. The third-order valence-corrected chi connectivity index (χ3v) is 4.90. The van der Waals surface area contributed by atoms with E-state index in [-0.39, 0.29) is 11.2 Å². The lowest BCUT2D eigenvalue weighted by molar-refractivity contribution is 0.103. The van der Waals surface area contributed by atoms with Crippen molar-refractivity contribution < 1.29 is 4.79 Å². The van der Waals surface area contributed by atoms with E-state index in [1.807, 2.05) is 48.5 Å². The molecule has 3 aromatic rings. The van der Waals surface area contributed by atoms with Gasteiger partial charge in [0.2, 0.25) is 0 Å². The molecule has 0 spiro atoms. The van der Waals surface area contributed by atoms with Gasteiger partial charge in [0.15, 0.2) is 5.78 Å². The molecule has 1 saturated carbocycles. The van der Waals surface area contributed by atoms with Crippen molar-refractivity contribution >= 4 is 5.78 Å². The Hall–Kier alpha value is -2.93. The molecule has 0 radical (unpaired) electrons. The normalized spacial score (nSPS) is 19.1. The van der Waals surface area contributed by atoms with Gasteiger partial charge in [-0.3, -0.25) is 4.79 Å². The Labute approximate surface area is 142 Å². The Bertz CT molecular complexity index is 892. The van der Waals surface area contributed by atoms with Crippen molar-refractivity contribution in [2.45, 2.75) is 11.8 Å². The number of hydrogen-bond acceptors (Lipinski definition) is 1. The minimum atomic E-state index is -0.0738. The fraction of sp³-hybridized carbons (Fsp3) is 0.0870. The first-order valence-corrected chi connectivity index (χ1v) is 8.16. The maximum Gasteiger partial charge on any atom is 0.193 e. The van der Waals surface area contributed by atoms with Crippen LogP contribution in [0.15, 0.2) is 97.1 Å². The average molecular weight is 310 g/mol. The smallest absolute Gasteiger partial charge is 0.193 e. The maximum atomic E-state index is 12.5. The summed E-state index contributed by atoms with van der Waals surface area (Å²) in [6, 6.07) is 27.9. The minimum absolute atomic E-state index is 0.0607. The Morgan fingerprint density at radius 3 is 1.71 bits per heavy atom. The monoisotopic (exact) mass is 310 g/mol. The zero-order valence-electron chi connectivity index (χ0n) is 13.4. The van der Waals surface area contributed by atoms with Crippen LogP contribution in [0.2, 0.25) is 0 Å². The first-order chi connectivity index (χ1) is 11.7. The molecule has 0 bridgehead atoms. The molecule has 1 atom stereocenters. The van der Waals surface area contributed by atoms with Gasteiger partial charge in [-0.15, -0.1) is 0 Å². The van der Waals surface area contributed by atoms with E-state index in [1.54, 1.807) is 0 Å². The summed E-state index contributed by atoms with van der Waals surface area (Å²) < 4.78 is 0. The largest absolute Gasteiger partial charge is 0.289 e. The average Bonchev–Trinajstić information content (AvgIpc) is 3.35. The highest BCUT2D eigenvalue weighted by Crippen LogP contribution is 2.57. The number of hydrogen-bond donors (Lipinski definition) is 0. The molecule has 1 heteroatoms. The molecule has 1 aliphatic carbocycles. The molecule has 1 fully saturated rings. The molecule has 4 rings (SSSR count). The van der Waals surface area contributed by atoms with Crippen molar-refractivity contribution in [3.8, 4) is 0 Å².